The molecule has 1 aromatic rings. The Morgan fingerprint density at radius 3 is 2.47 bits per heavy atom. The number of rotatable bonds is 6. The van der Waals surface area contributed by atoms with Crippen LogP contribution in [0.25, 0.3) is 0 Å². The van der Waals surface area contributed by atoms with Crippen LogP contribution in [-0.2, 0) is 0 Å². The molecule has 1 aromatic heterocycles. The zero-order chi connectivity index (χ0) is 14.4. The smallest absolute Gasteiger partial charge is 0.272 e. The summed E-state index contributed by atoms with van der Waals surface area (Å²) < 4.78 is 0. The first kappa shape index (κ1) is 15.4. The number of carbonyl (C=O) groups is 1. The quantitative estimate of drug-likeness (QED) is 0.842. The van der Waals surface area contributed by atoms with E-state index in [0.29, 0.717) is 23.8 Å². The molecule has 0 aliphatic heterocycles. The molecule has 0 aliphatic rings. The number of aromatic nitrogens is 1. The lowest BCUT2D eigenvalue weighted by atomic mass is 10.2. The normalized spacial score (nSPS) is 11.1. The minimum absolute atomic E-state index is 0.0319. The Balaban J connectivity index is 2.77. The van der Waals surface area contributed by atoms with Crippen molar-refractivity contribution in [3.63, 3.8) is 0 Å². The van der Waals surface area contributed by atoms with Gasteiger partial charge in [-0.3, -0.25) is 4.79 Å². The molecule has 0 atom stereocenters. The highest BCUT2D eigenvalue weighted by molar-refractivity contribution is 5.92. The highest BCUT2D eigenvalue weighted by Crippen LogP contribution is 2.07. The maximum absolute atomic E-state index is 12.4. The third-order valence-corrected chi connectivity index (χ3v) is 2.70. The van der Waals surface area contributed by atoms with E-state index in [-0.39, 0.29) is 5.91 Å². The second-order valence-corrected chi connectivity index (χ2v) is 5.43. The van der Waals surface area contributed by atoms with Crippen LogP contribution in [-0.4, -0.2) is 54.4 Å². The molecule has 1 amide bonds. The van der Waals surface area contributed by atoms with Crippen molar-refractivity contribution < 1.29 is 4.79 Å². The first-order chi connectivity index (χ1) is 8.90. The van der Waals surface area contributed by atoms with Crippen LogP contribution in [0.4, 0.5) is 5.69 Å². The number of hydrogen-bond acceptors (Lipinski definition) is 4. The summed E-state index contributed by atoms with van der Waals surface area (Å²) in [7, 11) is 4.00. The molecule has 106 valence electrons. The molecule has 0 aromatic carbocycles. The van der Waals surface area contributed by atoms with Gasteiger partial charge < -0.3 is 15.5 Å². The van der Waals surface area contributed by atoms with Crippen LogP contribution >= 0.6 is 0 Å². The largest absolute Gasteiger partial charge is 0.397 e. The highest BCUT2D eigenvalue weighted by atomic mass is 16.2. The van der Waals surface area contributed by atoms with E-state index < -0.39 is 0 Å². The Hall–Kier alpha value is -1.62. The zero-order valence-electron chi connectivity index (χ0n) is 12.3. The van der Waals surface area contributed by atoms with Gasteiger partial charge in [-0.1, -0.05) is 13.8 Å². The van der Waals surface area contributed by atoms with Gasteiger partial charge in [0.25, 0.3) is 5.91 Å². The molecular weight excluding hydrogens is 240 g/mol. The number of pyridine rings is 1. The molecule has 0 unspecified atom stereocenters. The van der Waals surface area contributed by atoms with Gasteiger partial charge in [-0.25, -0.2) is 4.98 Å². The fourth-order valence-electron chi connectivity index (χ4n) is 1.73. The number of carbonyl (C=O) groups excluding carboxylic acids is 1. The van der Waals surface area contributed by atoms with Crippen molar-refractivity contribution in [1.29, 1.82) is 0 Å². The van der Waals surface area contributed by atoms with E-state index in [1.807, 2.05) is 19.0 Å². The third kappa shape index (κ3) is 5.26. The van der Waals surface area contributed by atoms with Crippen molar-refractivity contribution in [2.75, 3.05) is 39.5 Å². The molecule has 19 heavy (non-hydrogen) atoms. The van der Waals surface area contributed by atoms with E-state index in [4.69, 9.17) is 5.73 Å². The van der Waals surface area contributed by atoms with Gasteiger partial charge in [0.15, 0.2) is 0 Å². The Kier molecular flexibility index (Phi) is 5.76. The molecule has 0 saturated heterocycles. The van der Waals surface area contributed by atoms with Crippen molar-refractivity contribution >= 4 is 11.6 Å². The molecule has 0 spiro atoms. The molecule has 5 nitrogen and oxygen atoms in total. The first-order valence-electron chi connectivity index (χ1n) is 6.55. The Morgan fingerprint density at radius 2 is 2.00 bits per heavy atom. The monoisotopic (exact) mass is 264 g/mol. The molecule has 1 rings (SSSR count). The van der Waals surface area contributed by atoms with Crippen molar-refractivity contribution in [2.45, 2.75) is 13.8 Å². The molecular formula is C14H24N4O. The molecule has 0 radical (unpaired) electrons. The molecule has 0 aliphatic carbocycles. The summed E-state index contributed by atoms with van der Waals surface area (Å²) >= 11 is 0. The minimum atomic E-state index is -0.0319. The SMILES string of the molecule is CC(C)CN(CCN(C)C)C(=O)c1ccc(N)cn1. The zero-order valence-corrected chi connectivity index (χ0v) is 12.3. The van der Waals surface area contributed by atoms with Crippen LogP contribution in [0.15, 0.2) is 18.3 Å². The Bertz CT molecular complexity index is 400. The van der Waals surface area contributed by atoms with Gasteiger partial charge in [0, 0.05) is 19.6 Å². The lowest BCUT2D eigenvalue weighted by molar-refractivity contribution is 0.0719. The number of amides is 1. The second kappa shape index (κ2) is 7.09. The summed E-state index contributed by atoms with van der Waals surface area (Å²) in [4.78, 5) is 20.4. The topological polar surface area (TPSA) is 62.5 Å². The van der Waals surface area contributed by atoms with Crippen molar-refractivity contribution in [3.8, 4) is 0 Å². The number of nitrogens with zero attached hydrogens (tertiary/aromatic N) is 3. The highest BCUT2D eigenvalue weighted by Gasteiger charge is 2.17. The predicted octanol–water partition coefficient (Wildman–Crippen LogP) is 1.32. The van der Waals surface area contributed by atoms with Gasteiger partial charge in [-0.2, -0.15) is 0 Å². The number of nitrogen functional groups attached to an aromatic ring is 1. The minimum Gasteiger partial charge on any atom is -0.397 e. The Morgan fingerprint density at radius 1 is 1.32 bits per heavy atom. The predicted molar refractivity (Wildman–Crippen MR) is 77.9 cm³/mol. The Labute approximate surface area is 115 Å². The lowest BCUT2D eigenvalue weighted by Crippen LogP contribution is -2.39. The average molecular weight is 264 g/mol. The number of hydrogen-bond donors (Lipinski definition) is 1. The van der Waals surface area contributed by atoms with E-state index in [0.717, 1.165) is 13.1 Å². The molecule has 1 heterocycles. The third-order valence-electron chi connectivity index (χ3n) is 2.70. The van der Waals surface area contributed by atoms with E-state index in [1.165, 1.54) is 6.20 Å². The lowest BCUT2D eigenvalue weighted by Gasteiger charge is -2.25. The summed E-state index contributed by atoms with van der Waals surface area (Å²) in [6.45, 7) is 6.49. The number of anilines is 1. The van der Waals surface area contributed by atoms with Crippen LogP contribution in [0.5, 0.6) is 0 Å². The van der Waals surface area contributed by atoms with E-state index in [9.17, 15) is 4.79 Å². The van der Waals surface area contributed by atoms with Gasteiger partial charge in [0.05, 0.1) is 11.9 Å². The van der Waals surface area contributed by atoms with Gasteiger partial charge >= 0.3 is 0 Å². The molecule has 2 N–H and O–H groups in total. The van der Waals surface area contributed by atoms with E-state index >= 15 is 0 Å². The molecule has 5 heteroatoms. The number of likely N-dealkylation sites (N-methyl/N-ethyl adjacent to an activating group) is 1. The van der Waals surface area contributed by atoms with Crippen LogP contribution in [0, 0.1) is 5.92 Å². The fourth-order valence-corrected chi connectivity index (χ4v) is 1.73. The van der Waals surface area contributed by atoms with E-state index in [2.05, 4.69) is 23.7 Å². The summed E-state index contributed by atoms with van der Waals surface area (Å²) in [6.07, 6.45) is 1.52. The fraction of sp³-hybridized carbons (Fsp3) is 0.571. The number of nitrogens with two attached hydrogens (primary N) is 1. The van der Waals surface area contributed by atoms with Gasteiger partial charge in [0.2, 0.25) is 0 Å². The standard InChI is InChI=1S/C14H24N4O/c1-11(2)10-18(8-7-17(3)4)14(19)13-6-5-12(15)9-16-13/h5-6,9,11H,7-8,10,15H2,1-4H3. The summed E-state index contributed by atoms with van der Waals surface area (Å²) in [6, 6.07) is 3.39. The van der Waals surface area contributed by atoms with Crippen LogP contribution < -0.4 is 5.73 Å². The molecule has 0 fully saturated rings. The second-order valence-electron chi connectivity index (χ2n) is 5.43. The van der Waals surface area contributed by atoms with Crippen molar-refractivity contribution in [1.82, 2.24) is 14.8 Å². The summed E-state index contributed by atoms with van der Waals surface area (Å²) in [5.74, 6) is 0.399. The van der Waals surface area contributed by atoms with E-state index in [1.54, 1.807) is 12.1 Å². The van der Waals surface area contributed by atoms with Gasteiger partial charge in [-0.05, 0) is 32.1 Å². The van der Waals surface area contributed by atoms with Crippen LogP contribution in [0.3, 0.4) is 0 Å². The maximum Gasteiger partial charge on any atom is 0.272 e. The van der Waals surface area contributed by atoms with Crippen molar-refractivity contribution in [3.05, 3.63) is 24.0 Å². The molecule has 0 saturated carbocycles. The molecule has 0 bridgehead atoms. The summed E-state index contributed by atoms with van der Waals surface area (Å²) in [5, 5.41) is 0. The van der Waals surface area contributed by atoms with Crippen LogP contribution in [0.1, 0.15) is 24.3 Å². The summed E-state index contributed by atoms with van der Waals surface area (Å²) in [5.41, 5.74) is 6.61. The average Bonchev–Trinajstić information content (AvgIpc) is 2.34. The van der Waals surface area contributed by atoms with Gasteiger partial charge in [-0.15, -0.1) is 0 Å². The first-order valence-corrected chi connectivity index (χ1v) is 6.55. The maximum atomic E-state index is 12.4. The van der Waals surface area contributed by atoms with Gasteiger partial charge in [0.1, 0.15) is 5.69 Å². The van der Waals surface area contributed by atoms with Crippen molar-refractivity contribution in [2.24, 2.45) is 5.92 Å². The van der Waals surface area contributed by atoms with Crippen LogP contribution in [0.2, 0.25) is 0 Å².